The summed E-state index contributed by atoms with van der Waals surface area (Å²) in [5.74, 6) is 0.695. The summed E-state index contributed by atoms with van der Waals surface area (Å²) in [5, 5.41) is 12.6. The summed E-state index contributed by atoms with van der Waals surface area (Å²) < 4.78 is 0. The molecule has 0 bridgehead atoms. The molecule has 1 aromatic rings. The Bertz CT molecular complexity index is 310. The Hall–Kier alpha value is -0.870. The van der Waals surface area contributed by atoms with E-state index in [1.807, 2.05) is 19.9 Å². The molecule has 0 fully saturated rings. The van der Waals surface area contributed by atoms with Crippen LogP contribution in [0.15, 0.2) is 6.07 Å². The highest BCUT2D eigenvalue weighted by Gasteiger charge is 2.07. The quantitative estimate of drug-likeness (QED) is 0.776. The van der Waals surface area contributed by atoms with Crippen LogP contribution in [0.4, 0.5) is 5.82 Å². The molecule has 0 saturated carbocycles. The molecule has 1 aromatic heterocycles. The predicted molar refractivity (Wildman–Crippen MR) is 61.2 cm³/mol. The highest BCUT2D eigenvalue weighted by molar-refractivity contribution is 6.28. The van der Waals surface area contributed by atoms with Crippen molar-refractivity contribution in [3.8, 4) is 0 Å². The Morgan fingerprint density at radius 3 is 2.67 bits per heavy atom. The Morgan fingerprint density at radius 1 is 1.47 bits per heavy atom. The van der Waals surface area contributed by atoms with Crippen LogP contribution in [0.2, 0.25) is 5.28 Å². The van der Waals surface area contributed by atoms with E-state index in [9.17, 15) is 5.11 Å². The van der Waals surface area contributed by atoms with Crippen molar-refractivity contribution in [2.45, 2.75) is 39.3 Å². The predicted octanol–water partition coefficient (Wildman–Crippen LogP) is 2.01. The number of nitrogens with one attached hydrogen (secondary N) is 1. The number of aromatic nitrogens is 2. The number of rotatable bonds is 4. The topological polar surface area (TPSA) is 58.0 Å². The van der Waals surface area contributed by atoms with E-state index in [0.29, 0.717) is 12.2 Å². The van der Waals surface area contributed by atoms with Crippen molar-refractivity contribution in [1.29, 1.82) is 0 Å². The minimum atomic E-state index is -0.328. The van der Waals surface area contributed by atoms with Crippen molar-refractivity contribution in [2.24, 2.45) is 0 Å². The molecule has 84 valence electrons. The molecule has 5 heteroatoms. The number of aryl methyl sites for hydroxylation is 1. The molecular weight excluding hydrogens is 214 g/mol. The Labute approximate surface area is 94.7 Å². The van der Waals surface area contributed by atoms with Gasteiger partial charge in [-0.3, -0.25) is 0 Å². The maximum atomic E-state index is 9.21. The summed E-state index contributed by atoms with van der Waals surface area (Å²) in [6.45, 7) is 5.60. The van der Waals surface area contributed by atoms with Crippen molar-refractivity contribution in [3.63, 3.8) is 0 Å². The zero-order valence-corrected chi connectivity index (χ0v) is 9.91. The molecule has 4 nitrogen and oxygen atoms in total. The number of anilines is 1. The summed E-state index contributed by atoms with van der Waals surface area (Å²) in [5.41, 5.74) is 0.821. The van der Waals surface area contributed by atoms with Gasteiger partial charge in [0.1, 0.15) is 5.82 Å². The molecule has 1 rings (SSSR count). The first-order chi connectivity index (χ1) is 6.97. The molecule has 2 unspecified atom stereocenters. The van der Waals surface area contributed by atoms with E-state index in [0.717, 1.165) is 5.69 Å². The van der Waals surface area contributed by atoms with Crippen LogP contribution in [-0.4, -0.2) is 27.2 Å². The second kappa shape index (κ2) is 5.28. The second-order valence-electron chi connectivity index (χ2n) is 3.79. The molecule has 1 heterocycles. The second-order valence-corrected chi connectivity index (χ2v) is 4.13. The molecule has 0 aliphatic heterocycles. The van der Waals surface area contributed by atoms with Gasteiger partial charge in [-0.1, -0.05) is 0 Å². The maximum absolute atomic E-state index is 9.21. The third kappa shape index (κ3) is 4.44. The van der Waals surface area contributed by atoms with Crippen molar-refractivity contribution in [3.05, 3.63) is 17.0 Å². The van der Waals surface area contributed by atoms with E-state index in [1.165, 1.54) is 0 Å². The smallest absolute Gasteiger partial charge is 0.224 e. The normalized spacial score (nSPS) is 14.7. The molecule has 0 aromatic carbocycles. The first-order valence-corrected chi connectivity index (χ1v) is 5.31. The first-order valence-electron chi connectivity index (χ1n) is 4.93. The largest absolute Gasteiger partial charge is 0.393 e. The van der Waals surface area contributed by atoms with E-state index in [2.05, 4.69) is 15.3 Å². The maximum Gasteiger partial charge on any atom is 0.224 e. The molecule has 15 heavy (non-hydrogen) atoms. The van der Waals surface area contributed by atoms with Crippen LogP contribution in [-0.2, 0) is 0 Å². The minimum Gasteiger partial charge on any atom is -0.393 e. The van der Waals surface area contributed by atoms with E-state index in [-0.39, 0.29) is 17.4 Å². The molecule has 0 radical (unpaired) electrons. The van der Waals surface area contributed by atoms with Crippen LogP contribution in [0.25, 0.3) is 0 Å². The lowest BCUT2D eigenvalue weighted by Gasteiger charge is -2.16. The summed E-state index contributed by atoms with van der Waals surface area (Å²) in [6.07, 6.45) is 0.339. The molecule has 0 spiro atoms. The van der Waals surface area contributed by atoms with Crippen LogP contribution >= 0.6 is 11.6 Å². The monoisotopic (exact) mass is 229 g/mol. The number of aliphatic hydroxyl groups excluding tert-OH is 1. The summed E-state index contributed by atoms with van der Waals surface area (Å²) in [7, 11) is 0. The van der Waals surface area contributed by atoms with Gasteiger partial charge in [-0.15, -0.1) is 0 Å². The number of nitrogens with zero attached hydrogens (tertiary/aromatic N) is 2. The molecule has 0 aliphatic carbocycles. The number of hydrogen-bond acceptors (Lipinski definition) is 4. The lowest BCUT2D eigenvalue weighted by molar-refractivity contribution is 0.179. The van der Waals surface area contributed by atoms with Gasteiger partial charge in [-0.25, -0.2) is 9.97 Å². The molecule has 0 amide bonds. The summed E-state index contributed by atoms with van der Waals surface area (Å²) in [4.78, 5) is 8.01. The van der Waals surface area contributed by atoms with Gasteiger partial charge in [0.25, 0.3) is 0 Å². The van der Waals surface area contributed by atoms with E-state index in [4.69, 9.17) is 11.6 Å². The summed E-state index contributed by atoms with van der Waals surface area (Å²) >= 11 is 5.73. The third-order valence-electron chi connectivity index (χ3n) is 1.92. The van der Waals surface area contributed by atoms with Gasteiger partial charge < -0.3 is 10.4 Å². The number of halogens is 1. The average Bonchev–Trinajstić information content (AvgIpc) is 1.98. The first kappa shape index (κ1) is 12.2. The highest BCUT2D eigenvalue weighted by atomic mass is 35.5. The Balaban J connectivity index is 2.63. The van der Waals surface area contributed by atoms with Crippen LogP contribution in [0, 0.1) is 6.92 Å². The van der Waals surface area contributed by atoms with Gasteiger partial charge >= 0.3 is 0 Å². The fraction of sp³-hybridized carbons (Fsp3) is 0.600. The third-order valence-corrected chi connectivity index (χ3v) is 2.08. The van der Waals surface area contributed by atoms with E-state index >= 15 is 0 Å². The minimum absolute atomic E-state index is 0.148. The van der Waals surface area contributed by atoms with E-state index in [1.54, 1.807) is 6.92 Å². The zero-order valence-electron chi connectivity index (χ0n) is 9.16. The SMILES string of the molecule is Cc1cc(NC(C)CC(C)O)nc(Cl)n1. The van der Waals surface area contributed by atoms with Gasteiger partial charge in [0.15, 0.2) is 0 Å². The zero-order chi connectivity index (χ0) is 11.4. The highest BCUT2D eigenvalue weighted by Crippen LogP contribution is 2.12. The van der Waals surface area contributed by atoms with Gasteiger partial charge in [-0.05, 0) is 38.8 Å². The molecule has 0 saturated heterocycles. The molecule has 0 aliphatic rings. The van der Waals surface area contributed by atoms with Crippen molar-refractivity contribution in [1.82, 2.24) is 9.97 Å². The van der Waals surface area contributed by atoms with Crippen molar-refractivity contribution >= 4 is 17.4 Å². The number of aliphatic hydroxyl groups is 1. The van der Waals surface area contributed by atoms with Gasteiger partial charge in [0.2, 0.25) is 5.28 Å². The fourth-order valence-corrected chi connectivity index (χ4v) is 1.65. The fourth-order valence-electron chi connectivity index (χ4n) is 1.43. The lowest BCUT2D eigenvalue weighted by atomic mass is 10.1. The Kier molecular flexibility index (Phi) is 4.29. The Morgan fingerprint density at radius 2 is 2.13 bits per heavy atom. The van der Waals surface area contributed by atoms with Crippen LogP contribution < -0.4 is 5.32 Å². The van der Waals surface area contributed by atoms with Crippen molar-refractivity contribution in [2.75, 3.05) is 5.32 Å². The van der Waals surface area contributed by atoms with Crippen LogP contribution in [0.3, 0.4) is 0 Å². The molecule has 2 atom stereocenters. The summed E-state index contributed by atoms with van der Waals surface area (Å²) in [6, 6.07) is 1.97. The standard InChI is InChI=1S/C10H16ClN3O/c1-6(4-8(3)15)12-9-5-7(2)13-10(11)14-9/h5-6,8,15H,4H2,1-3H3,(H,12,13,14). The van der Waals surface area contributed by atoms with E-state index < -0.39 is 0 Å². The van der Waals surface area contributed by atoms with Crippen molar-refractivity contribution < 1.29 is 5.11 Å². The van der Waals surface area contributed by atoms with Gasteiger partial charge in [0, 0.05) is 17.8 Å². The van der Waals surface area contributed by atoms with Gasteiger partial charge in [0.05, 0.1) is 6.10 Å². The van der Waals surface area contributed by atoms with Gasteiger partial charge in [-0.2, -0.15) is 0 Å². The molecular formula is C10H16ClN3O. The average molecular weight is 230 g/mol. The number of hydrogen-bond donors (Lipinski definition) is 2. The van der Waals surface area contributed by atoms with Crippen LogP contribution in [0.1, 0.15) is 26.0 Å². The van der Waals surface area contributed by atoms with Crippen LogP contribution in [0.5, 0.6) is 0 Å². The lowest BCUT2D eigenvalue weighted by Crippen LogP contribution is -2.21. The molecule has 2 N–H and O–H groups in total.